The predicted molar refractivity (Wildman–Crippen MR) is 68.6 cm³/mol. The first-order valence-corrected chi connectivity index (χ1v) is 6.53. The van der Waals surface area contributed by atoms with Crippen molar-refractivity contribution in [3.63, 3.8) is 0 Å². The smallest absolute Gasteiger partial charge is 0.126 e. The SMILES string of the molecule is CCNc1cc(SCCC(C)C)ccn1. The van der Waals surface area contributed by atoms with Crippen molar-refractivity contribution in [2.45, 2.75) is 32.1 Å². The molecule has 15 heavy (non-hydrogen) atoms. The zero-order chi connectivity index (χ0) is 11.1. The number of pyridine rings is 1. The molecule has 0 radical (unpaired) electrons. The molecule has 0 fully saturated rings. The highest BCUT2D eigenvalue weighted by atomic mass is 32.2. The molecule has 0 amide bonds. The van der Waals surface area contributed by atoms with Crippen LogP contribution >= 0.6 is 11.8 Å². The lowest BCUT2D eigenvalue weighted by Crippen LogP contribution is -1.98. The number of thioether (sulfide) groups is 1. The molecule has 84 valence electrons. The summed E-state index contributed by atoms with van der Waals surface area (Å²) in [6.45, 7) is 7.53. The Morgan fingerprint density at radius 2 is 2.27 bits per heavy atom. The summed E-state index contributed by atoms with van der Waals surface area (Å²) in [6.07, 6.45) is 3.14. The van der Waals surface area contributed by atoms with Gasteiger partial charge >= 0.3 is 0 Å². The molecule has 0 saturated heterocycles. The van der Waals surface area contributed by atoms with Crippen LogP contribution in [0.2, 0.25) is 0 Å². The Bertz CT molecular complexity index is 287. The fourth-order valence-electron chi connectivity index (χ4n) is 1.19. The molecule has 1 aromatic heterocycles. The number of hydrogen-bond acceptors (Lipinski definition) is 3. The fraction of sp³-hybridized carbons (Fsp3) is 0.583. The molecule has 0 aromatic carbocycles. The first-order chi connectivity index (χ1) is 7.22. The molecule has 3 heteroatoms. The van der Waals surface area contributed by atoms with Crippen molar-refractivity contribution in [1.29, 1.82) is 0 Å². The van der Waals surface area contributed by atoms with Gasteiger partial charge in [0.25, 0.3) is 0 Å². The molecule has 0 spiro atoms. The maximum absolute atomic E-state index is 4.25. The minimum atomic E-state index is 0.785. The van der Waals surface area contributed by atoms with Crippen LogP contribution < -0.4 is 5.32 Å². The van der Waals surface area contributed by atoms with E-state index >= 15 is 0 Å². The van der Waals surface area contributed by atoms with Crippen LogP contribution in [0.3, 0.4) is 0 Å². The van der Waals surface area contributed by atoms with Gasteiger partial charge < -0.3 is 5.32 Å². The second kappa shape index (κ2) is 6.72. The number of hydrogen-bond donors (Lipinski definition) is 1. The van der Waals surface area contributed by atoms with E-state index in [-0.39, 0.29) is 0 Å². The van der Waals surface area contributed by atoms with Gasteiger partial charge in [-0.25, -0.2) is 4.98 Å². The van der Waals surface area contributed by atoms with Crippen molar-refractivity contribution < 1.29 is 0 Å². The fourth-order valence-corrected chi connectivity index (χ4v) is 2.37. The number of aromatic nitrogens is 1. The number of rotatable bonds is 6. The number of anilines is 1. The Kier molecular flexibility index (Phi) is 5.54. The molecular formula is C12H20N2S. The molecule has 0 aliphatic heterocycles. The van der Waals surface area contributed by atoms with Crippen LogP contribution in [0, 0.1) is 5.92 Å². The van der Waals surface area contributed by atoms with Gasteiger partial charge in [-0.1, -0.05) is 13.8 Å². The van der Waals surface area contributed by atoms with E-state index in [0.717, 1.165) is 18.3 Å². The van der Waals surface area contributed by atoms with Crippen LogP contribution in [0.15, 0.2) is 23.2 Å². The molecule has 0 aliphatic carbocycles. The predicted octanol–water partition coefficient (Wildman–Crippen LogP) is 3.65. The molecule has 0 unspecified atom stereocenters. The Morgan fingerprint density at radius 3 is 2.93 bits per heavy atom. The van der Waals surface area contributed by atoms with Crippen molar-refractivity contribution in [3.8, 4) is 0 Å². The average molecular weight is 224 g/mol. The van der Waals surface area contributed by atoms with E-state index in [1.165, 1.54) is 17.1 Å². The summed E-state index contributed by atoms with van der Waals surface area (Å²) in [7, 11) is 0. The lowest BCUT2D eigenvalue weighted by Gasteiger charge is -2.06. The van der Waals surface area contributed by atoms with Gasteiger partial charge in [-0.05, 0) is 37.1 Å². The van der Waals surface area contributed by atoms with Crippen LogP contribution in [0.25, 0.3) is 0 Å². The lowest BCUT2D eigenvalue weighted by molar-refractivity contribution is 0.632. The van der Waals surface area contributed by atoms with Crippen LogP contribution in [-0.2, 0) is 0 Å². The van der Waals surface area contributed by atoms with Gasteiger partial charge in [-0.15, -0.1) is 11.8 Å². The Morgan fingerprint density at radius 1 is 1.47 bits per heavy atom. The van der Waals surface area contributed by atoms with Crippen molar-refractivity contribution in [2.24, 2.45) is 5.92 Å². The quantitative estimate of drug-likeness (QED) is 0.747. The number of nitrogens with zero attached hydrogens (tertiary/aromatic N) is 1. The zero-order valence-electron chi connectivity index (χ0n) is 9.79. The number of nitrogens with one attached hydrogen (secondary N) is 1. The molecule has 2 nitrogen and oxygen atoms in total. The topological polar surface area (TPSA) is 24.9 Å². The van der Waals surface area contributed by atoms with E-state index in [2.05, 4.69) is 43.2 Å². The summed E-state index contributed by atoms with van der Waals surface area (Å²) in [5.41, 5.74) is 0. The molecule has 0 atom stereocenters. The Hall–Kier alpha value is -0.700. The summed E-state index contributed by atoms with van der Waals surface area (Å²) in [5.74, 6) is 2.95. The molecule has 0 aliphatic rings. The Labute approximate surface area is 96.9 Å². The van der Waals surface area contributed by atoms with Crippen molar-refractivity contribution >= 4 is 17.6 Å². The maximum Gasteiger partial charge on any atom is 0.126 e. The lowest BCUT2D eigenvalue weighted by atomic mass is 10.2. The highest BCUT2D eigenvalue weighted by Crippen LogP contribution is 2.21. The molecule has 1 heterocycles. The third-order valence-corrected chi connectivity index (χ3v) is 3.08. The molecule has 1 rings (SSSR count). The highest BCUT2D eigenvalue weighted by molar-refractivity contribution is 7.99. The average Bonchev–Trinajstić information content (AvgIpc) is 2.18. The van der Waals surface area contributed by atoms with Gasteiger partial charge in [-0.2, -0.15) is 0 Å². The summed E-state index contributed by atoms with van der Waals surface area (Å²) < 4.78 is 0. The molecule has 1 N–H and O–H groups in total. The van der Waals surface area contributed by atoms with E-state index in [1.807, 2.05) is 18.0 Å². The van der Waals surface area contributed by atoms with E-state index < -0.39 is 0 Å². The standard InChI is InChI=1S/C12H20N2S/c1-4-13-12-9-11(5-7-14-12)15-8-6-10(2)3/h5,7,9-10H,4,6,8H2,1-3H3,(H,13,14). The molecule has 0 bridgehead atoms. The van der Waals surface area contributed by atoms with Gasteiger partial charge in [-0.3, -0.25) is 0 Å². The minimum absolute atomic E-state index is 0.785. The zero-order valence-corrected chi connectivity index (χ0v) is 10.6. The molecular weight excluding hydrogens is 204 g/mol. The summed E-state index contributed by atoms with van der Waals surface area (Å²) in [5, 5.41) is 3.22. The van der Waals surface area contributed by atoms with Gasteiger partial charge in [0, 0.05) is 17.6 Å². The highest BCUT2D eigenvalue weighted by Gasteiger charge is 1.98. The molecule has 1 aromatic rings. The second-order valence-corrected chi connectivity index (χ2v) is 5.11. The van der Waals surface area contributed by atoms with Gasteiger partial charge in [0.05, 0.1) is 0 Å². The monoisotopic (exact) mass is 224 g/mol. The van der Waals surface area contributed by atoms with Crippen molar-refractivity contribution in [3.05, 3.63) is 18.3 Å². The third kappa shape index (κ3) is 5.07. The minimum Gasteiger partial charge on any atom is -0.370 e. The van der Waals surface area contributed by atoms with Gasteiger partial charge in [0.15, 0.2) is 0 Å². The third-order valence-electron chi connectivity index (χ3n) is 2.05. The van der Waals surface area contributed by atoms with E-state index in [1.54, 1.807) is 0 Å². The maximum atomic E-state index is 4.25. The van der Waals surface area contributed by atoms with Crippen LogP contribution in [0.5, 0.6) is 0 Å². The van der Waals surface area contributed by atoms with Crippen molar-refractivity contribution in [1.82, 2.24) is 4.98 Å². The van der Waals surface area contributed by atoms with Crippen LogP contribution in [-0.4, -0.2) is 17.3 Å². The first kappa shape index (κ1) is 12.4. The summed E-state index contributed by atoms with van der Waals surface area (Å²) >= 11 is 1.91. The van der Waals surface area contributed by atoms with Crippen LogP contribution in [0.1, 0.15) is 27.2 Å². The second-order valence-electron chi connectivity index (χ2n) is 3.94. The normalized spacial score (nSPS) is 10.7. The van der Waals surface area contributed by atoms with Gasteiger partial charge in [0.2, 0.25) is 0 Å². The van der Waals surface area contributed by atoms with Crippen molar-refractivity contribution in [2.75, 3.05) is 17.6 Å². The summed E-state index contributed by atoms with van der Waals surface area (Å²) in [4.78, 5) is 5.55. The summed E-state index contributed by atoms with van der Waals surface area (Å²) in [6, 6.07) is 4.19. The van der Waals surface area contributed by atoms with Crippen LogP contribution in [0.4, 0.5) is 5.82 Å². The van der Waals surface area contributed by atoms with Gasteiger partial charge in [0.1, 0.15) is 5.82 Å². The van der Waals surface area contributed by atoms with E-state index in [4.69, 9.17) is 0 Å². The Balaban J connectivity index is 2.43. The first-order valence-electron chi connectivity index (χ1n) is 5.55. The van der Waals surface area contributed by atoms with E-state index in [9.17, 15) is 0 Å². The molecule has 0 saturated carbocycles. The van der Waals surface area contributed by atoms with E-state index in [0.29, 0.717) is 0 Å². The largest absolute Gasteiger partial charge is 0.370 e.